The molecule has 0 bridgehead atoms. The number of nitrogens with one attached hydrogen (secondary N) is 1. The van der Waals surface area contributed by atoms with Crippen LogP contribution in [0.3, 0.4) is 0 Å². The first kappa shape index (κ1) is 16.5. The van der Waals surface area contributed by atoms with Crippen LogP contribution in [0, 0.1) is 0 Å². The fourth-order valence-electron chi connectivity index (χ4n) is 2.29. The normalized spacial score (nSPS) is 15.2. The van der Waals surface area contributed by atoms with Crippen LogP contribution in [0.15, 0.2) is 18.2 Å². The molecule has 0 aliphatic carbocycles. The Hall–Kier alpha value is -1.90. The maximum atomic E-state index is 11.8. The van der Waals surface area contributed by atoms with Crippen LogP contribution in [-0.4, -0.2) is 55.2 Å². The molecule has 1 aliphatic heterocycles. The zero-order chi connectivity index (χ0) is 15.9. The summed E-state index contributed by atoms with van der Waals surface area (Å²) in [6.45, 7) is 0.998. The van der Waals surface area contributed by atoms with E-state index in [0.717, 1.165) is 12.8 Å². The first-order valence-corrected chi connectivity index (χ1v) is 7.06. The third-order valence-corrected chi connectivity index (χ3v) is 3.44. The topological polar surface area (TPSA) is 105 Å². The largest absolute Gasteiger partial charge is 0.489 e. The van der Waals surface area contributed by atoms with E-state index in [1.54, 1.807) is 0 Å². The summed E-state index contributed by atoms with van der Waals surface area (Å²) in [5.74, 6) is -0.151. The van der Waals surface area contributed by atoms with Crippen molar-refractivity contribution in [2.24, 2.45) is 0 Å². The molecule has 1 fully saturated rings. The van der Waals surface area contributed by atoms with Gasteiger partial charge in [-0.05, 0) is 24.4 Å². The number of ether oxygens (including phenoxy) is 2. The van der Waals surface area contributed by atoms with Crippen LogP contribution in [0.25, 0.3) is 0 Å². The highest BCUT2D eigenvalue weighted by Gasteiger charge is 2.20. The first-order chi connectivity index (χ1) is 10.6. The summed E-state index contributed by atoms with van der Waals surface area (Å²) in [4.78, 5) is 22.9. The van der Waals surface area contributed by atoms with Crippen LogP contribution in [0.1, 0.15) is 23.2 Å². The Kier molecular flexibility index (Phi) is 5.94. The third-order valence-electron chi connectivity index (χ3n) is 3.44. The molecule has 118 valence electrons. The van der Waals surface area contributed by atoms with Crippen molar-refractivity contribution in [2.45, 2.75) is 18.9 Å². The number of hydrogen-bond donors (Lipinski definition) is 3. The van der Waals surface area contributed by atoms with Crippen LogP contribution in [0.5, 0.6) is 5.75 Å². The molecule has 0 saturated carbocycles. The summed E-state index contributed by atoms with van der Waals surface area (Å²) in [6.07, 6.45) is 2.00. The average Bonchev–Trinajstić information content (AvgIpc) is 2.53. The van der Waals surface area contributed by atoms with Gasteiger partial charge >= 0.3 is 7.12 Å². The van der Waals surface area contributed by atoms with Gasteiger partial charge < -0.3 is 24.8 Å². The molecule has 0 aromatic heterocycles. The van der Waals surface area contributed by atoms with E-state index in [2.05, 4.69) is 5.32 Å². The highest BCUT2D eigenvalue weighted by Crippen LogP contribution is 2.14. The van der Waals surface area contributed by atoms with Gasteiger partial charge in [0.05, 0.1) is 5.56 Å². The van der Waals surface area contributed by atoms with Gasteiger partial charge in [-0.2, -0.15) is 0 Å². The second kappa shape index (κ2) is 7.93. The minimum Gasteiger partial charge on any atom is -0.483 e. The van der Waals surface area contributed by atoms with Crippen LogP contribution in [0.2, 0.25) is 0 Å². The van der Waals surface area contributed by atoms with E-state index < -0.39 is 7.12 Å². The van der Waals surface area contributed by atoms with E-state index in [0.29, 0.717) is 19.5 Å². The molecule has 0 unspecified atom stereocenters. The fourth-order valence-corrected chi connectivity index (χ4v) is 2.29. The van der Waals surface area contributed by atoms with Crippen molar-refractivity contribution < 1.29 is 29.1 Å². The zero-order valence-corrected chi connectivity index (χ0v) is 12.0. The predicted molar refractivity (Wildman–Crippen MR) is 79.1 cm³/mol. The lowest BCUT2D eigenvalue weighted by atomic mass is 9.77. The van der Waals surface area contributed by atoms with Crippen LogP contribution in [-0.2, 0) is 9.53 Å². The Balaban J connectivity index is 1.94. The standard InChI is InChI=1S/C14H18BNO6/c17-8-11-12(15(19)20)2-1-3-13(11)22-9-14(18)16-10-4-6-21-7-5-10/h1-3,8,10,19-20H,4-7,9H2,(H,16,18). The molecule has 7 nitrogen and oxygen atoms in total. The molecule has 1 aliphatic rings. The summed E-state index contributed by atoms with van der Waals surface area (Å²) >= 11 is 0. The monoisotopic (exact) mass is 307 g/mol. The van der Waals surface area contributed by atoms with Gasteiger partial charge in [-0.1, -0.05) is 12.1 Å². The number of benzene rings is 1. The number of aldehydes is 1. The highest BCUT2D eigenvalue weighted by molar-refractivity contribution is 6.60. The first-order valence-electron chi connectivity index (χ1n) is 7.06. The number of carbonyl (C=O) groups is 2. The Labute approximate surface area is 128 Å². The van der Waals surface area contributed by atoms with Gasteiger partial charge in [-0.15, -0.1) is 0 Å². The minimum atomic E-state index is -1.78. The minimum absolute atomic E-state index is 0.0244. The lowest BCUT2D eigenvalue weighted by Gasteiger charge is -2.23. The summed E-state index contributed by atoms with van der Waals surface area (Å²) in [5, 5.41) is 21.2. The fraction of sp³-hybridized carbons (Fsp3) is 0.429. The van der Waals surface area contributed by atoms with Gasteiger partial charge in [0.25, 0.3) is 5.91 Å². The van der Waals surface area contributed by atoms with Gasteiger partial charge in [-0.25, -0.2) is 0 Å². The summed E-state index contributed by atoms with van der Waals surface area (Å²) in [7, 11) is -1.78. The number of amides is 1. The van der Waals surface area contributed by atoms with Gasteiger partial charge in [0.1, 0.15) is 5.75 Å². The second-order valence-corrected chi connectivity index (χ2v) is 4.99. The van der Waals surface area contributed by atoms with Crippen LogP contribution < -0.4 is 15.5 Å². The maximum absolute atomic E-state index is 11.8. The molecule has 3 N–H and O–H groups in total. The van der Waals surface area contributed by atoms with Crippen LogP contribution >= 0.6 is 0 Å². The third kappa shape index (κ3) is 4.30. The molecule has 1 amide bonds. The molecule has 0 spiro atoms. The Morgan fingerprint density at radius 1 is 1.41 bits per heavy atom. The maximum Gasteiger partial charge on any atom is 0.489 e. The SMILES string of the molecule is O=Cc1c(OCC(=O)NC2CCOCC2)cccc1B(O)O. The molecule has 0 atom stereocenters. The molecule has 8 heteroatoms. The lowest BCUT2D eigenvalue weighted by molar-refractivity contribution is -0.124. The molecule has 22 heavy (non-hydrogen) atoms. The average molecular weight is 307 g/mol. The van der Waals surface area contributed by atoms with Gasteiger partial charge in [-0.3, -0.25) is 9.59 Å². The Bertz CT molecular complexity index is 530. The second-order valence-electron chi connectivity index (χ2n) is 4.99. The molecule has 1 heterocycles. The van der Waals surface area contributed by atoms with Gasteiger partial charge in [0.15, 0.2) is 12.9 Å². The summed E-state index contributed by atoms with van der Waals surface area (Å²) < 4.78 is 10.5. The Morgan fingerprint density at radius 3 is 2.77 bits per heavy atom. The van der Waals surface area contributed by atoms with E-state index >= 15 is 0 Å². The molecule has 1 aromatic carbocycles. The van der Waals surface area contributed by atoms with Gasteiger partial charge in [0, 0.05) is 19.3 Å². The van der Waals surface area contributed by atoms with Crippen molar-refractivity contribution in [3.8, 4) is 5.75 Å². The predicted octanol–water partition coefficient (Wildman–Crippen LogP) is -1.15. The number of carbonyl (C=O) groups excluding carboxylic acids is 2. The lowest BCUT2D eigenvalue weighted by Crippen LogP contribution is -2.41. The van der Waals surface area contributed by atoms with E-state index in [1.807, 2.05) is 0 Å². The van der Waals surface area contributed by atoms with E-state index in [4.69, 9.17) is 9.47 Å². The van der Waals surface area contributed by atoms with Crippen molar-refractivity contribution >= 4 is 24.8 Å². The van der Waals surface area contributed by atoms with E-state index in [-0.39, 0.29) is 35.3 Å². The summed E-state index contributed by atoms with van der Waals surface area (Å²) in [5.41, 5.74) is 0.0636. The smallest absolute Gasteiger partial charge is 0.483 e. The van der Waals surface area contributed by atoms with E-state index in [1.165, 1.54) is 18.2 Å². The quantitative estimate of drug-likeness (QED) is 0.453. The zero-order valence-electron chi connectivity index (χ0n) is 12.0. The van der Waals surface area contributed by atoms with Crippen molar-refractivity contribution in [3.05, 3.63) is 23.8 Å². The molecule has 0 radical (unpaired) electrons. The van der Waals surface area contributed by atoms with E-state index in [9.17, 15) is 19.6 Å². The Morgan fingerprint density at radius 2 is 2.14 bits per heavy atom. The molecule has 2 rings (SSSR count). The van der Waals surface area contributed by atoms with Gasteiger partial charge in [0.2, 0.25) is 0 Å². The summed E-state index contributed by atoms with van der Waals surface area (Å²) in [6, 6.07) is 4.50. The van der Waals surface area contributed by atoms with Crippen molar-refractivity contribution in [1.29, 1.82) is 0 Å². The molecular weight excluding hydrogens is 289 g/mol. The van der Waals surface area contributed by atoms with Crippen molar-refractivity contribution in [1.82, 2.24) is 5.32 Å². The molecular formula is C14H18BNO6. The van der Waals surface area contributed by atoms with Crippen LogP contribution in [0.4, 0.5) is 0 Å². The van der Waals surface area contributed by atoms with Crippen molar-refractivity contribution in [2.75, 3.05) is 19.8 Å². The highest BCUT2D eigenvalue weighted by atomic mass is 16.5. The van der Waals surface area contributed by atoms with Crippen molar-refractivity contribution in [3.63, 3.8) is 0 Å². The number of rotatable bonds is 6. The molecule has 1 aromatic rings. The number of hydrogen-bond acceptors (Lipinski definition) is 6. The molecule has 1 saturated heterocycles.